The smallest absolute Gasteiger partial charge is 0.238 e. The quantitative estimate of drug-likeness (QED) is 0.447. The fraction of sp³-hybridized carbons (Fsp3) is 0.130. The van der Waals surface area contributed by atoms with E-state index in [0.717, 1.165) is 11.1 Å². The summed E-state index contributed by atoms with van der Waals surface area (Å²) in [5, 5.41) is 13.4. The Balaban J connectivity index is 1.70. The van der Waals surface area contributed by atoms with Gasteiger partial charge in [-0.2, -0.15) is 5.10 Å². The van der Waals surface area contributed by atoms with Crippen molar-refractivity contribution >= 4 is 44.1 Å². The minimum atomic E-state index is -4.04. The van der Waals surface area contributed by atoms with Crippen LogP contribution in [0.3, 0.4) is 0 Å². The predicted molar refractivity (Wildman–Crippen MR) is 125 cm³/mol. The van der Waals surface area contributed by atoms with Crippen molar-refractivity contribution in [3.05, 3.63) is 88.6 Å². The molecule has 0 saturated heterocycles. The molecule has 0 spiro atoms. The highest BCUT2D eigenvalue weighted by molar-refractivity contribution is 7.89. The van der Waals surface area contributed by atoms with Crippen molar-refractivity contribution in [2.45, 2.75) is 24.8 Å². The molecule has 0 aliphatic carbocycles. The molecule has 9 heteroatoms. The molecule has 7 nitrogen and oxygen atoms in total. The highest BCUT2D eigenvalue weighted by Crippen LogP contribution is 2.28. The van der Waals surface area contributed by atoms with E-state index in [1.54, 1.807) is 35.0 Å². The van der Waals surface area contributed by atoms with Gasteiger partial charge in [0.05, 0.1) is 29.6 Å². The van der Waals surface area contributed by atoms with Crippen LogP contribution in [0.5, 0.6) is 0 Å². The van der Waals surface area contributed by atoms with Gasteiger partial charge >= 0.3 is 0 Å². The number of fused-ring (bicyclic) bond motifs is 1. The number of aryl methyl sites for hydroxylation is 1. The van der Waals surface area contributed by atoms with Gasteiger partial charge in [0.15, 0.2) is 0 Å². The van der Waals surface area contributed by atoms with E-state index >= 15 is 0 Å². The molecule has 0 radical (unpaired) electrons. The van der Waals surface area contributed by atoms with Gasteiger partial charge in [-0.1, -0.05) is 59.6 Å². The maximum atomic E-state index is 12.6. The maximum absolute atomic E-state index is 12.6. The number of rotatable bonds is 6. The average molecular weight is 469 g/mol. The van der Waals surface area contributed by atoms with Crippen molar-refractivity contribution in [3.63, 3.8) is 0 Å². The molecule has 1 amide bonds. The summed E-state index contributed by atoms with van der Waals surface area (Å²) in [4.78, 5) is 12.5. The molecule has 1 heterocycles. The van der Waals surface area contributed by atoms with E-state index in [9.17, 15) is 13.2 Å². The predicted octanol–water partition coefficient (Wildman–Crippen LogP) is 3.88. The molecule has 3 N–H and O–H groups in total. The third kappa shape index (κ3) is 4.83. The molecule has 1 aromatic heterocycles. The normalized spacial score (nSPS) is 11.6. The summed E-state index contributed by atoms with van der Waals surface area (Å²) in [5.74, 6) is -0.331. The minimum absolute atomic E-state index is 0.0467. The molecular weight excluding hydrogens is 448 g/mol. The highest BCUT2D eigenvalue weighted by atomic mass is 35.5. The van der Waals surface area contributed by atoms with Crippen LogP contribution in [0.25, 0.3) is 10.9 Å². The number of anilines is 1. The summed E-state index contributed by atoms with van der Waals surface area (Å²) < 4.78 is 26.2. The van der Waals surface area contributed by atoms with Crippen LogP contribution in [0.2, 0.25) is 5.02 Å². The Labute approximate surface area is 190 Å². The van der Waals surface area contributed by atoms with Crippen LogP contribution in [0, 0.1) is 6.92 Å². The fourth-order valence-corrected chi connectivity index (χ4v) is 4.42. The van der Waals surface area contributed by atoms with E-state index in [-0.39, 0.29) is 17.2 Å². The molecule has 0 atom stereocenters. The minimum Gasteiger partial charge on any atom is -0.326 e. The van der Waals surface area contributed by atoms with E-state index in [1.165, 1.54) is 12.3 Å². The number of nitrogens with zero attached hydrogens (tertiary/aromatic N) is 2. The molecule has 164 valence electrons. The topological polar surface area (TPSA) is 107 Å². The van der Waals surface area contributed by atoms with Crippen molar-refractivity contribution in [3.8, 4) is 0 Å². The van der Waals surface area contributed by atoms with E-state index in [4.69, 9.17) is 16.7 Å². The lowest BCUT2D eigenvalue weighted by Crippen LogP contribution is -2.17. The van der Waals surface area contributed by atoms with Crippen LogP contribution in [0.1, 0.15) is 16.7 Å². The number of carbonyl (C=O) groups excluding carboxylic acids is 1. The van der Waals surface area contributed by atoms with Gasteiger partial charge in [-0.3, -0.25) is 9.48 Å². The Bertz CT molecular complexity index is 1410. The van der Waals surface area contributed by atoms with Crippen molar-refractivity contribution in [1.82, 2.24) is 9.78 Å². The summed E-state index contributed by atoms with van der Waals surface area (Å²) in [6, 6.07) is 18.0. The Morgan fingerprint density at radius 3 is 2.53 bits per heavy atom. The number of hydrogen-bond donors (Lipinski definition) is 2. The van der Waals surface area contributed by atoms with Crippen LogP contribution in [-0.2, 0) is 27.8 Å². The van der Waals surface area contributed by atoms with Crippen LogP contribution in [0.4, 0.5) is 5.69 Å². The van der Waals surface area contributed by atoms with Gasteiger partial charge in [0.2, 0.25) is 15.9 Å². The Morgan fingerprint density at radius 2 is 1.84 bits per heavy atom. The molecule has 3 aromatic carbocycles. The second kappa shape index (κ2) is 8.74. The lowest BCUT2D eigenvalue weighted by atomic mass is 10.1. The Hall–Kier alpha value is -3.20. The van der Waals surface area contributed by atoms with Crippen LogP contribution >= 0.6 is 11.6 Å². The lowest BCUT2D eigenvalue weighted by molar-refractivity contribution is -0.115. The molecule has 0 unspecified atom stereocenters. The first-order valence-electron chi connectivity index (χ1n) is 9.82. The monoisotopic (exact) mass is 468 g/mol. The molecular formula is C23H21ClN4O3S. The number of nitrogens with one attached hydrogen (secondary N) is 1. The average Bonchev–Trinajstić information content (AvgIpc) is 3.12. The number of amides is 1. The van der Waals surface area contributed by atoms with E-state index < -0.39 is 10.0 Å². The number of primary sulfonamides is 1. The number of benzene rings is 3. The molecule has 4 aromatic rings. The third-order valence-corrected chi connectivity index (χ3v) is 6.40. The van der Waals surface area contributed by atoms with Crippen molar-refractivity contribution in [2.75, 3.05) is 5.32 Å². The largest absolute Gasteiger partial charge is 0.326 e. The van der Waals surface area contributed by atoms with Gasteiger partial charge in [0.25, 0.3) is 0 Å². The van der Waals surface area contributed by atoms with Gasteiger partial charge in [-0.05, 0) is 36.2 Å². The van der Waals surface area contributed by atoms with Gasteiger partial charge in [-0.15, -0.1) is 0 Å². The second-order valence-electron chi connectivity index (χ2n) is 7.56. The van der Waals surface area contributed by atoms with Gasteiger partial charge in [-0.25, -0.2) is 13.6 Å². The first kappa shape index (κ1) is 22.0. The molecule has 0 saturated carbocycles. The molecule has 0 aliphatic rings. The summed E-state index contributed by atoms with van der Waals surface area (Å²) in [6.45, 7) is 2.44. The van der Waals surface area contributed by atoms with E-state index in [2.05, 4.69) is 10.4 Å². The fourth-order valence-electron chi connectivity index (χ4n) is 3.46. The van der Waals surface area contributed by atoms with Crippen LogP contribution < -0.4 is 10.5 Å². The molecule has 0 fully saturated rings. The summed E-state index contributed by atoms with van der Waals surface area (Å²) in [5.41, 5.74) is 3.67. The zero-order valence-electron chi connectivity index (χ0n) is 17.2. The molecule has 0 aliphatic heterocycles. The summed E-state index contributed by atoms with van der Waals surface area (Å²) in [7, 11) is -4.04. The Kier molecular flexibility index (Phi) is 6.01. The zero-order chi connectivity index (χ0) is 22.9. The number of carbonyl (C=O) groups is 1. The van der Waals surface area contributed by atoms with E-state index in [0.29, 0.717) is 33.7 Å². The number of nitrogens with two attached hydrogens (primary N) is 1. The van der Waals surface area contributed by atoms with Gasteiger partial charge in [0.1, 0.15) is 0 Å². The highest BCUT2D eigenvalue weighted by Gasteiger charge is 2.19. The summed E-state index contributed by atoms with van der Waals surface area (Å²) in [6.07, 6.45) is 1.52. The summed E-state index contributed by atoms with van der Waals surface area (Å²) >= 11 is 6.14. The number of sulfonamides is 1. The molecule has 4 rings (SSSR count). The van der Waals surface area contributed by atoms with Crippen LogP contribution in [-0.4, -0.2) is 24.1 Å². The number of hydrogen-bond acceptors (Lipinski definition) is 4. The molecule has 0 bridgehead atoms. The van der Waals surface area contributed by atoms with Crippen molar-refractivity contribution in [2.24, 2.45) is 5.14 Å². The second-order valence-corrected chi connectivity index (χ2v) is 9.49. The molecule has 32 heavy (non-hydrogen) atoms. The lowest BCUT2D eigenvalue weighted by Gasteiger charge is -2.11. The van der Waals surface area contributed by atoms with E-state index in [1.807, 2.05) is 31.2 Å². The SMILES string of the molecule is Cc1ccc(Cn2ncc3c(S(N)(=O)=O)cc(NC(=O)Cc4ccccc4Cl)cc32)cc1. The zero-order valence-corrected chi connectivity index (χ0v) is 18.8. The first-order valence-corrected chi connectivity index (χ1v) is 11.7. The third-order valence-electron chi connectivity index (χ3n) is 5.08. The Morgan fingerprint density at radius 1 is 1.12 bits per heavy atom. The number of aromatic nitrogens is 2. The van der Waals surface area contributed by atoms with Crippen molar-refractivity contribution in [1.29, 1.82) is 0 Å². The van der Waals surface area contributed by atoms with Crippen LogP contribution in [0.15, 0.2) is 71.8 Å². The van der Waals surface area contributed by atoms with Crippen molar-refractivity contribution < 1.29 is 13.2 Å². The number of halogens is 1. The standard InChI is InChI=1S/C23H21ClN4O3S/c1-15-6-8-16(9-7-15)14-28-21-11-18(12-22(32(25,30)31)19(21)13-26-28)27-23(29)10-17-4-2-3-5-20(17)24/h2-9,11-13H,10,14H2,1H3,(H,27,29)(H2,25,30,31). The first-order chi connectivity index (χ1) is 15.2. The van der Waals surface area contributed by atoms with Gasteiger partial charge in [0, 0.05) is 16.1 Å². The van der Waals surface area contributed by atoms with Gasteiger partial charge < -0.3 is 5.32 Å². The maximum Gasteiger partial charge on any atom is 0.238 e.